The van der Waals surface area contributed by atoms with Gasteiger partial charge in [0.05, 0.1) is 7.11 Å². The van der Waals surface area contributed by atoms with Gasteiger partial charge in [0, 0.05) is 11.6 Å². The van der Waals surface area contributed by atoms with Crippen molar-refractivity contribution in [3.8, 4) is 5.75 Å². The predicted octanol–water partition coefficient (Wildman–Crippen LogP) is 3.41. The van der Waals surface area contributed by atoms with E-state index in [-0.39, 0.29) is 11.6 Å². The highest BCUT2D eigenvalue weighted by Crippen LogP contribution is 2.45. The molecule has 1 saturated carbocycles. The molecule has 2 N–H and O–H groups in total. The molecule has 3 nitrogen and oxygen atoms in total. The summed E-state index contributed by atoms with van der Waals surface area (Å²) in [5, 5.41) is 0. The molecule has 116 valence electrons. The van der Waals surface area contributed by atoms with Crippen molar-refractivity contribution in [2.75, 3.05) is 20.2 Å². The van der Waals surface area contributed by atoms with Gasteiger partial charge < -0.3 is 10.5 Å². The molecule has 1 aromatic rings. The monoisotopic (exact) mass is 288 g/mol. The fourth-order valence-electron chi connectivity index (χ4n) is 4.39. The second-order valence-electron chi connectivity index (χ2n) is 6.71. The number of rotatable bonds is 4. The summed E-state index contributed by atoms with van der Waals surface area (Å²) in [5.74, 6) is 0.921. The molecule has 1 aromatic carbocycles. The van der Waals surface area contributed by atoms with Crippen molar-refractivity contribution in [3.05, 3.63) is 29.3 Å². The zero-order chi connectivity index (χ0) is 14.9. The van der Waals surface area contributed by atoms with Crippen molar-refractivity contribution in [2.45, 2.75) is 57.0 Å². The van der Waals surface area contributed by atoms with Gasteiger partial charge in [-0.3, -0.25) is 4.90 Å². The maximum Gasteiger partial charge on any atom is 0.119 e. The Morgan fingerprint density at radius 3 is 2.38 bits per heavy atom. The standard InChI is InChI=1S/C18H28N2O/c1-14-13-15(21-2)7-8-16(14)17(19)18(9-3-4-10-18)20-11-5-6-12-20/h7-8,13,17H,3-6,9-12,19H2,1-2H3. The molecule has 1 saturated heterocycles. The van der Waals surface area contributed by atoms with Crippen LogP contribution >= 0.6 is 0 Å². The van der Waals surface area contributed by atoms with E-state index >= 15 is 0 Å². The maximum atomic E-state index is 6.82. The number of ether oxygens (including phenoxy) is 1. The van der Waals surface area contributed by atoms with Crippen molar-refractivity contribution in [3.63, 3.8) is 0 Å². The fraction of sp³-hybridized carbons (Fsp3) is 0.667. The number of methoxy groups -OCH3 is 1. The molecular formula is C18H28N2O. The van der Waals surface area contributed by atoms with E-state index in [9.17, 15) is 0 Å². The minimum atomic E-state index is 0.115. The summed E-state index contributed by atoms with van der Waals surface area (Å²) in [6.45, 7) is 4.61. The van der Waals surface area contributed by atoms with Crippen LogP contribution in [0.15, 0.2) is 18.2 Å². The molecule has 2 aliphatic rings. The van der Waals surface area contributed by atoms with E-state index in [2.05, 4.69) is 30.0 Å². The highest BCUT2D eigenvalue weighted by Gasteiger charge is 2.45. The van der Waals surface area contributed by atoms with Crippen molar-refractivity contribution in [2.24, 2.45) is 5.73 Å². The molecule has 1 atom stereocenters. The van der Waals surface area contributed by atoms with Gasteiger partial charge in [-0.05, 0) is 69.0 Å². The Morgan fingerprint density at radius 2 is 1.81 bits per heavy atom. The van der Waals surface area contributed by atoms with E-state index in [0.717, 1.165) is 5.75 Å². The van der Waals surface area contributed by atoms with Crippen LogP contribution in [0.4, 0.5) is 0 Å². The molecule has 1 heterocycles. The van der Waals surface area contributed by atoms with E-state index in [4.69, 9.17) is 10.5 Å². The van der Waals surface area contributed by atoms with Crippen LogP contribution in [0, 0.1) is 6.92 Å². The third-order valence-electron chi connectivity index (χ3n) is 5.60. The molecule has 1 unspecified atom stereocenters. The van der Waals surface area contributed by atoms with Gasteiger partial charge in [-0.1, -0.05) is 18.9 Å². The molecule has 0 amide bonds. The number of likely N-dealkylation sites (tertiary alicyclic amines) is 1. The molecule has 1 aliphatic carbocycles. The molecule has 0 radical (unpaired) electrons. The first-order valence-electron chi connectivity index (χ1n) is 8.32. The van der Waals surface area contributed by atoms with Crippen molar-refractivity contribution >= 4 is 0 Å². The Bertz CT molecular complexity index is 488. The number of nitrogens with two attached hydrogens (primary N) is 1. The van der Waals surface area contributed by atoms with Crippen molar-refractivity contribution in [1.29, 1.82) is 0 Å². The Hall–Kier alpha value is -1.06. The minimum Gasteiger partial charge on any atom is -0.497 e. The van der Waals surface area contributed by atoms with E-state index in [1.807, 2.05) is 0 Å². The zero-order valence-corrected chi connectivity index (χ0v) is 13.4. The third-order valence-corrected chi connectivity index (χ3v) is 5.60. The Labute approximate surface area is 128 Å². The second kappa shape index (κ2) is 5.98. The largest absolute Gasteiger partial charge is 0.497 e. The highest BCUT2D eigenvalue weighted by atomic mass is 16.5. The van der Waals surface area contributed by atoms with Gasteiger partial charge in [0.15, 0.2) is 0 Å². The molecule has 0 aromatic heterocycles. The number of aryl methyl sites for hydroxylation is 1. The molecule has 3 rings (SSSR count). The van der Waals surface area contributed by atoms with Crippen LogP contribution < -0.4 is 10.5 Å². The van der Waals surface area contributed by atoms with E-state index in [0.29, 0.717) is 0 Å². The Morgan fingerprint density at radius 1 is 1.14 bits per heavy atom. The smallest absolute Gasteiger partial charge is 0.119 e. The molecule has 0 bridgehead atoms. The SMILES string of the molecule is COc1ccc(C(N)C2(N3CCCC3)CCCC2)c(C)c1. The predicted molar refractivity (Wildman–Crippen MR) is 86.7 cm³/mol. The molecule has 0 spiro atoms. The first-order valence-corrected chi connectivity index (χ1v) is 8.32. The number of nitrogens with zero attached hydrogens (tertiary/aromatic N) is 1. The summed E-state index contributed by atoms with van der Waals surface area (Å²) in [7, 11) is 1.72. The number of benzene rings is 1. The van der Waals surface area contributed by atoms with E-state index in [1.54, 1.807) is 7.11 Å². The molecule has 2 fully saturated rings. The average Bonchev–Trinajstić information content (AvgIpc) is 3.17. The van der Waals surface area contributed by atoms with Crippen molar-refractivity contribution < 1.29 is 4.74 Å². The van der Waals surface area contributed by atoms with Gasteiger partial charge in [0.2, 0.25) is 0 Å². The summed E-state index contributed by atoms with van der Waals surface area (Å²) < 4.78 is 5.33. The van der Waals surface area contributed by atoms with E-state index < -0.39 is 0 Å². The van der Waals surface area contributed by atoms with Gasteiger partial charge in [-0.15, -0.1) is 0 Å². The topological polar surface area (TPSA) is 38.5 Å². The maximum absolute atomic E-state index is 6.82. The molecule has 3 heteroatoms. The average molecular weight is 288 g/mol. The quantitative estimate of drug-likeness (QED) is 0.922. The van der Waals surface area contributed by atoms with Crippen LogP contribution in [0.2, 0.25) is 0 Å². The molecular weight excluding hydrogens is 260 g/mol. The van der Waals surface area contributed by atoms with E-state index in [1.165, 1.54) is 62.7 Å². The second-order valence-corrected chi connectivity index (χ2v) is 6.71. The lowest BCUT2D eigenvalue weighted by Crippen LogP contribution is -2.52. The van der Waals surface area contributed by atoms with Crippen LogP contribution in [0.25, 0.3) is 0 Å². The lowest BCUT2D eigenvalue weighted by atomic mass is 9.81. The van der Waals surface area contributed by atoms with Gasteiger partial charge in [-0.25, -0.2) is 0 Å². The van der Waals surface area contributed by atoms with Crippen molar-refractivity contribution in [1.82, 2.24) is 4.90 Å². The van der Waals surface area contributed by atoms with Gasteiger partial charge in [0.1, 0.15) is 5.75 Å². The van der Waals surface area contributed by atoms with Crippen LogP contribution in [0.3, 0.4) is 0 Å². The van der Waals surface area contributed by atoms with Gasteiger partial charge >= 0.3 is 0 Å². The first-order chi connectivity index (χ1) is 10.2. The molecule has 21 heavy (non-hydrogen) atoms. The summed E-state index contributed by atoms with van der Waals surface area (Å²) in [4.78, 5) is 2.69. The number of hydrogen-bond acceptors (Lipinski definition) is 3. The summed E-state index contributed by atoms with van der Waals surface area (Å²) in [6.07, 6.45) is 7.80. The number of hydrogen-bond donors (Lipinski definition) is 1. The summed E-state index contributed by atoms with van der Waals surface area (Å²) in [6, 6.07) is 6.45. The Kier molecular flexibility index (Phi) is 4.23. The van der Waals surface area contributed by atoms with Gasteiger partial charge in [0.25, 0.3) is 0 Å². The van der Waals surface area contributed by atoms with Crippen LogP contribution in [0.1, 0.15) is 55.7 Å². The minimum absolute atomic E-state index is 0.115. The Balaban J connectivity index is 1.92. The normalized spacial score (nSPS) is 23.4. The first kappa shape index (κ1) is 14.9. The molecule has 1 aliphatic heterocycles. The summed E-state index contributed by atoms with van der Waals surface area (Å²) in [5.41, 5.74) is 9.57. The fourth-order valence-corrected chi connectivity index (χ4v) is 4.39. The van der Waals surface area contributed by atoms with Crippen LogP contribution in [0.5, 0.6) is 5.75 Å². The highest BCUT2D eigenvalue weighted by molar-refractivity contribution is 5.38. The lowest BCUT2D eigenvalue weighted by molar-refractivity contribution is 0.0919. The van der Waals surface area contributed by atoms with Crippen LogP contribution in [-0.4, -0.2) is 30.6 Å². The summed E-state index contributed by atoms with van der Waals surface area (Å²) >= 11 is 0. The third kappa shape index (κ3) is 2.58. The van der Waals surface area contributed by atoms with Crippen LogP contribution in [-0.2, 0) is 0 Å². The zero-order valence-electron chi connectivity index (χ0n) is 13.4. The van der Waals surface area contributed by atoms with Gasteiger partial charge in [-0.2, -0.15) is 0 Å². The lowest BCUT2D eigenvalue weighted by Gasteiger charge is -2.44.